The molecule has 156 valence electrons. The van der Waals surface area contributed by atoms with E-state index in [2.05, 4.69) is 10.1 Å². The zero-order valence-electron chi connectivity index (χ0n) is 15.2. The summed E-state index contributed by atoms with van der Waals surface area (Å²) in [6.45, 7) is -2.46. The molecule has 3 rings (SSSR count). The van der Waals surface area contributed by atoms with Crippen LogP contribution >= 0.6 is 11.6 Å². The summed E-state index contributed by atoms with van der Waals surface area (Å²) in [4.78, 5) is 0. The summed E-state index contributed by atoms with van der Waals surface area (Å²) in [7, 11) is 0. The number of fused-ring (bicyclic) bond motifs is 1. The maximum Gasteiger partial charge on any atom is 0.345 e. The zero-order chi connectivity index (χ0) is 20.3. The number of benzene rings is 1. The van der Waals surface area contributed by atoms with Crippen molar-refractivity contribution in [1.29, 1.82) is 0 Å². The van der Waals surface area contributed by atoms with Gasteiger partial charge in [0.25, 0.3) is 0 Å². The second kappa shape index (κ2) is 8.98. The molecule has 1 aromatic heterocycles. The Labute approximate surface area is 165 Å². The summed E-state index contributed by atoms with van der Waals surface area (Å²) in [5.41, 5.74) is 1.21. The lowest BCUT2D eigenvalue weighted by Crippen LogP contribution is -2.32. The molecular weight excluding hydrogens is 400 g/mol. The molecule has 1 aliphatic carbocycles. The number of nitrogens with zero attached hydrogens (tertiary/aromatic N) is 1. The number of ether oxygens (including phenoxy) is 1. The first-order valence-corrected chi connectivity index (χ1v) is 9.61. The minimum absolute atomic E-state index is 0.0672. The highest BCUT2D eigenvalue weighted by molar-refractivity contribution is 6.35. The summed E-state index contributed by atoms with van der Waals surface area (Å²) in [6.07, 6.45) is 1.13. The van der Waals surface area contributed by atoms with E-state index in [1.165, 1.54) is 0 Å². The molecule has 0 radical (unpaired) electrons. The second-order valence-corrected chi connectivity index (χ2v) is 7.56. The largest absolute Gasteiger partial charge is 0.374 e. The SMILES string of the molecule is OC(NCC1CCC(F)(F)CC1)c1cn(CCOC(F)F)c2cccc(Cl)c12. The first-order chi connectivity index (χ1) is 13.3. The van der Waals surface area contributed by atoms with Gasteiger partial charge in [0.2, 0.25) is 5.92 Å². The molecular formula is C19H23ClF4N2O2. The van der Waals surface area contributed by atoms with Crippen molar-refractivity contribution in [2.24, 2.45) is 5.92 Å². The van der Waals surface area contributed by atoms with E-state index in [-0.39, 0.29) is 31.9 Å². The smallest absolute Gasteiger partial charge is 0.345 e. The van der Waals surface area contributed by atoms with Crippen LogP contribution in [-0.4, -0.2) is 35.4 Å². The molecule has 9 heteroatoms. The molecule has 1 heterocycles. The highest BCUT2D eigenvalue weighted by Gasteiger charge is 2.34. The fourth-order valence-corrected chi connectivity index (χ4v) is 3.94. The predicted octanol–water partition coefficient (Wildman–Crippen LogP) is 4.94. The minimum atomic E-state index is -2.85. The number of rotatable bonds is 8. The minimum Gasteiger partial charge on any atom is -0.374 e. The van der Waals surface area contributed by atoms with E-state index in [1.807, 2.05) is 0 Å². The van der Waals surface area contributed by atoms with Crippen LogP contribution in [-0.2, 0) is 11.3 Å². The van der Waals surface area contributed by atoms with Gasteiger partial charge in [-0.2, -0.15) is 8.78 Å². The number of hydrogen-bond acceptors (Lipinski definition) is 3. The average molecular weight is 423 g/mol. The molecule has 1 atom stereocenters. The summed E-state index contributed by atoms with van der Waals surface area (Å²) >= 11 is 6.30. The van der Waals surface area contributed by atoms with Crippen LogP contribution in [0.4, 0.5) is 17.6 Å². The van der Waals surface area contributed by atoms with Gasteiger partial charge in [-0.05, 0) is 30.9 Å². The Bertz CT molecular complexity index is 790. The summed E-state index contributed by atoms with van der Waals surface area (Å²) < 4.78 is 57.0. The van der Waals surface area contributed by atoms with Crippen molar-refractivity contribution < 1.29 is 27.4 Å². The molecule has 0 amide bonds. The summed E-state index contributed by atoms with van der Waals surface area (Å²) in [6, 6.07) is 5.20. The molecule has 0 aliphatic heterocycles. The van der Waals surface area contributed by atoms with E-state index in [1.54, 1.807) is 29.0 Å². The van der Waals surface area contributed by atoms with Crippen LogP contribution in [0.15, 0.2) is 24.4 Å². The molecule has 0 saturated heterocycles. The van der Waals surface area contributed by atoms with Crippen LogP contribution in [0.25, 0.3) is 10.9 Å². The highest BCUT2D eigenvalue weighted by Crippen LogP contribution is 2.36. The van der Waals surface area contributed by atoms with Crippen molar-refractivity contribution in [2.75, 3.05) is 13.2 Å². The third-order valence-corrected chi connectivity index (χ3v) is 5.51. The van der Waals surface area contributed by atoms with E-state index in [4.69, 9.17) is 11.6 Å². The second-order valence-electron chi connectivity index (χ2n) is 7.15. The van der Waals surface area contributed by atoms with Crippen molar-refractivity contribution in [3.63, 3.8) is 0 Å². The maximum absolute atomic E-state index is 13.3. The number of hydrogen-bond donors (Lipinski definition) is 2. The van der Waals surface area contributed by atoms with Crippen molar-refractivity contribution >= 4 is 22.5 Å². The monoisotopic (exact) mass is 422 g/mol. The highest BCUT2D eigenvalue weighted by atomic mass is 35.5. The van der Waals surface area contributed by atoms with E-state index in [0.717, 1.165) is 0 Å². The number of aromatic nitrogens is 1. The Morgan fingerprint density at radius 1 is 1.29 bits per heavy atom. The van der Waals surface area contributed by atoms with E-state index in [9.17, 15) is 22.7 Å². The number of aliphatic hydroxyl groups excluding tert-OH is 1. The van der Waals surface area contributed by atoms with Gasteiger partial charge in [-0.25, -0.2) is 8.78 Å². The van der Waals surface area contributed by atoms with Gasteiger partial charge in [0.05, 0.1) is 17.1 Å². The molecule has 2 aromatic rings. The number of alkyl halides is 4. The van der Waals surface area contributed by atoms with Crippen LogP contribution < -0.4 is 5.32 Å². The van der Waals surface area contributed by atoms with Crippen molar-refractivity contribution in [1.82, 2.24) is 9.88 Å². The first kappa shape index (κ1) is 21.4. The molecule has 1 unspecified atom stereocenters. The van der Waals surface area contributed by atoms with E-state index < -0.39 is 18.8 Å². The Hall–Kier alpha value is -1.35. The Morgan fingerprint density at radius 2 is 2.00 bits per heavy atom. The van der Waals surface area contributed by atoms with Crippen LogP contribution in [0, 0.1) is 5.92 Å². The van der Waals surface area contributed by atoms with Gasteiger partial charge < -0.3 is 14.4 Å². The summed E-state index contributed by atoms with van der Waals surface area (Å²) in [5.74, 6) is -2.52. The van der Waals surface area contributed by atoms with Gasteiger partial charge in [0, 0.05) is 43.1 Å². The van der Waals surface area contributed by atoms with Crippen LogP contribution in [0.1, 0.15) is 37.5 Å². The third-order valence-electron chi connectivity index (χ3n) is 5.19. The van der Waals surface area contributed by atoms with Crippen molar-refractivity contribution in [2.45, 2.75) is 51.0 Å². The quantitative estimate of drug-likeness (QED) is 0.468. The topological polar surface area (TPSA) is 46.4 Å². The van der Waals surface area contributed by atoms with Crippen LogP contribution in [0.3, 0.4) is 0 Å². The lowest BCUT2D eigenvalue weighted by molar-refractivity contribution is -0.130. The van der Waals surface area contributed by atoms with Gasteiger partial charge in [-0.1, -0.05) is 17.7 Å². The van der Waals surface area contributed by atoms with Gasteiger partial charge in [0.1, 0.15) is 6.23 Å². The zero-order valence-corrected chi connectivity index (χ0v) is 15.9. The third kappa shape index (κ3) is 5.17. The molecule has 1 fully saturated rings. The standard InChI is InChI=1S/C19H23ClF4N2O2/c20-14-2-1-3-15-16(14)13(11-26(15)8-9-28-18(21)22)17(27)25-10-12-4-6-19(23,24)7-5-12/h1-3,11-12,17-18,25,27H,4-10H2. The molecule has 1 aromatic carbocycles. The molecule has 0 spiro atoms. The Kier molecular flexibility index (Phi) is 6.85. The average Bonchev–Trinajstić information content (AvgIpc) is 3.00. The summed E-state index contributed by atoms with van der Waals surface area (Å²) in [5, 5.41) is 14.7. The number of nitrogens with one attached hydrogen (secondary N) is 1. The molecule has 1 aliphatic rings. The lowest BCUT2D eigenvalue weighted by Gasteiger charge is -2.29. The Balaban J connectivity index is 1.70. The normalized spacial score (nSPS) is 18.8. The van der Waals surface area contributed by atoms with Crippen LogP contribution in [0.5, 0.6) is 0 Å². The molecule has 1 saturated carbocycles. The molecule has 4 nitrogen and oxygen atoms in total. The van der Waals surface area contributed by atoms with Gasteiger partial charge in [-0.3, -0.25) is 5.32 Å². The van der Waals surface area contributed by atoms with Gasteiger partial charge in [-0.15, -0.1) is 0 Å². The van der Waals surface area contributed by atoms with Crippen molar-refractivity contribution in [3.8, 4) is 0 Å². The fraction of sp³-hybridized carbons (Fsp3) is 0.579. The molecule has 2 N–H and O–H groups in total. The van der Waals surface area contributed by atoms with E-state index in [0.29, 0.717) is 40.9 Å². The van der Waals surface area contributed by atoms with Crippen LogP contribution in [0.2, 0.25) is 5.02 Å². The predicted molar refractivity (Wildman–Crippen MR) is 98.8 cm³/mol. The lowest BCUT2D eigenvalue weighted by atomic mass is 9.87. The van der Waals surface area contributed by atoms with Gasteiger partial charge >= 0.3 is 6.61 Å². The van der Waals surface area contributed by atoms with E-state index >= 15 is 0 Å². The Morgan fingerprint density at radius 3 is 2.68 bits per heavy atom. The van der Waals surface area contributed by atoms with Crippen molar-refractivity contribution in [3.05, 3.63) is 35.0 Å². The first-order valence-electron chi connectivity index (χ1n) is 9.23. The number of aliphatic hydroxyl groups is 1. The fourth-order valence-electron chi connectivity index (χ4n) is 3.66. The maximum atomic E-state index is 13.3. The number of halogens is 5. The van der Waals surface area contributed by atoms with Gasteiger partial charge in [0.15, 0.2) is 0 Å². The molecule has 28 heavy (non-hydrogen) atoms. The molecule has 0 bridgehead atoms.